The van der Waals surface area contributed by atoms with Crippen molar-refractivity contribution in [3.63, 3.8) is 0 Å². The molecule has 0 saturated heterocycles. The number of aryl methyl sites for hydroxylation is 1. The van der Waals surface area contributed by atoms with Gasteiger partial charge < -0.3 is 5.73 Å². The van der Waals surface area contributed by atoms with Crippen LogP contribution in [0.3, 0.4) is 0 Å². The monoisotopic (exact) mass is 289 g/mol. The van der Waals surface area contributed by atoms with Crippen LogP contribution in [0.4, 0.5) is 0 Å². The summed E-state index contributed by atoms with van der Waals surface area (Å²) in [4.78, 5) is 3.85. The molecule has 0 spiro atoms. The lowest BCUT2D eigenvalue weighted by atomic mass is 10.2. The van der Waals surface area contributed by atoms with Gasteiger partial charge in [0.15, 0.2) is 0 Å². The number of benzene rings is 2. The van der Waals surface area contributed by atoms with Gasteiger partial charge in [0.2, 0.25) is 0 Å². The first-order chi connectivity index (χ1) is 9.24. The van der Waals surface area contributed by atoms with Crippen LogP contribution in [0.5, 0.6) is 0 Å². The van der Waals surface area contributed by atoms with Crippen molar-refractivity contribution in [2.75, 3.05) is 5.75 Å². The van der Waals surface area contributed by atoms with Crippen LogP contribution in [0, 0.1) is 6.92 Å². The summed E-state index contributed by atoms with van der Waals surface area (Å²) < 4.78 is 0. The zero-order valence-corrected chi connectivity index (χ0v) is 13.0. The van der Waals surface area contributed by atoms with Gasteiger partial charge in [-0.05, 0) is 42.5 Å². The van der Waals surface area contributed by atoms with Crippen molar-refractivity contribution in [1.29, 1.82) is 0 Å². The minimum atomic E-state index is 0.595. The Balaban J connectivity index is 2.31. The first-order valence-electron chi connectivity index (χ1n) is 6.44. The summed E-state index contributed by atoms with van der Waals surface area (Å²) in [6, 6.07) is 15.0. The molecule has 19 heavy (non-hydrogen) atoms. The summed E-state index contributed by atoms with van der Waals surface area (Å²) in [5.41, 5.74) is 8.49. The predicted octanol–water partition coefficient (Wildman–Crippen LogP) is 4.72. The molecular weight excluding hydrogens is 270 g/mol. The molecule has 0 aromatic heterocycles. The molecule has 0 radical (unpaired) electrons. The maximum atomic E-state index is 5.94. The molecule has 3 heteroatoms. The molecule has 0 aliphatic heterocycles. The molecule has 2 aromatic carbocycles. The van der Waals surface area contributed by atoms with Crippen LogP contribution in [0.2, 0.25) is 0 Å². The van der Waals surface area contributed by atoms with Gasteiger partial charge in [0, 0.05) is 21.2 Å². The molecule has 100 valence electrons. The number of rotatable bonds is 5. The topological polar surface area (TPSA) is 26.0 Å². The smallest absolute Gasteiger partial charge is 0.0200 e. The second-order valence-corrected chi connectivity index (χ2v) is 6.71. The molecule has 0 heterocycles. The molecule has 1 nitrogen and oxygen atoms in total. The molecule has 2 N–H and O–H groups in total. The van der Waals surface area contributed by atoms with Gasteiger partial charge in [-0.3, -0.25) is 0 Å². The Morgan fingerprint density at radius 2 is 1.79 bits per heavy atom. The predicted molar refractivity (Wildman–Crippen MR) is 86.0 cm³/mol. The van der Waals surface area contributed by atoms with E-state index in [0.717, 1.165) is 5.75 Å². The summed E-state index contributed by atoms with van der Waals surface area (Å²) in [5.74, 6) is 1.07. The van der Waals surface area contributed by atoms with Crippen LogP contribution in [0.25, 0.3) is 0 Å². The molecule has 0 bridgehead atoms. The van der Waals surface area contributed by atoms with Gasteiger partial charge in [-0.15, -0.1) is 11.8 Å². The quantitative estimate of drug-likeness (QED) is 0.807. The summed E-state index contributed by atoms with van der Waals surface area (Å²) >= 11 is 3.66. The maximum absolute atomic E-state index is 5.94. The third-order valence-corrected chi connectivity index (χ3v) is 4.89. The SMILES string of the molecule is CCSc1cccc(Sc2cccc(C)c2)c1CN. The number of thioether (sulfide) groups is 1. The summed E-state index contributed by atoms with van der Waals surface area (Å²) in [5, 5.41) is 0. The largest absolute Gasteiger partial charge is 0.326 e. The third-order valence-electron chi connectivity index (χ3n) is 2.81. The second kappa shape index (κ2) is 7.04. The number of hydrogen-bond acceptors (Lipinski definition) is 3. The van der Waals surface area contributed by atoms with Gasteiger partial charge in [-0.2, -0.15) is 0 Å². The van der Waals surface area contributed by atoms with Crippen molar-refractivity contribution in [1.82, 2.24) is 0 Å². The van der Waals surface area contributed by atoms with Gasteiger partial charge in [0.1, 0.15) is 0 Å². The van der Waals surface area contributed by atoms with Gasteiger partial charge in [0.05, 0.1) is 0 Å². The van der Waals surface area contributed by atoms with E-state index >= 15 is 0 Å². The minimum Gasteiger partial charge on any atom is -0.326 e. The van der Waals surface area contributed by atoms with Crippen molar-refractivity contribution in [3.05, 3.63) is 53.6 Å². The van der Waals surface area contributed by atoms with E-state index in [1.165, 1.54) is 25.8 Å². The van der Waals surface area contributed by atoms with E-state index in [1.807, 2.05) is 11.8 Å². The van der Waals surface area contributed by atoms with E-state index in [0.29, 0.717) is 6.54 Å². The highest BCUT2D eigenvalue weighted by molar-refractivity contribution is 8.00. The van der Waals surface area contributed by atoms with E-state index < -0.39 is 0 Å². The summed E-state index contributed by atoms with van der Waals surface area (Å²) in [7, 11) is 0. The minimum absolute atomic E-state index is 0.595. The Hall–Kier alpha value is -0.900. The molecule has 0 saturated carbocycles. The Morgan fingerprint density at radius 1 is 1.05 bits per heavy atom. The average molecular weight is 289 g/mol. The molecule has 0 atom stereocenters. The molecule has 0 amide bonds. The fourth-order valence-electron chi connectivity index (χ4n) is 1.94. The molecule has 0 unspecified atom stereocenters. The van der Waals surface area contributed by atoms with Crippen molar-refractivity contribution < 1.29 is 0 Å². The fraction of sp³-hybridized carbons (Fsp3) is 0.250. The first kappa shape index (κ1) is 14.5. The third kappa shape index (κ3) is 3.78. The van der Waals surface area contributed by atoms with E-state index in [9.17, 15) is 0 Å². The van der Waals surface area contributed by atoms with Crippen molar-refractivity contribution in [2.24, 2.45) is 5.73 Å². The van der Waals surface area contributed by atoms with Gasteiger partial charge in [0.25, 0.3) is 0 Å². The van der Waals surface area contributed by atoms with Crippen LogP contribution >= 0.6 is 23.5 Å². The van der Waals surface area contributed by atoms with Gasteiger partial charge in [-0.25, -0.2) is 0 Å². The van der Waals surface area contributed by atoms with Crippen LogP contribution in [-0.4, -0.2) is 5.75 Å². The van der Waals surface area contributed by atoms with E-state index in [4.69, 9.17) is 5.73 Å². The maximum Gasteiger partial charge on any atom is 0.0200 e. The zero-order chi connectivity index (χ0) is 13.7. The zero-order valence-electron chi connectivity index (χ0n) is 11.3. The lowest BCUT2D eigenvalue weighted by molar-refractivity contribution is 0.980. The van der Waals surface area contributed by atoms with Crippen LogP contribution < -0.4 is 5.73 Å². The average Bonchev–Trinajstić information content (AvgIpc) is 2.39. The highest BCUT2D eigenvalue weighted by atomic mass is 32.2. The Morgan fingerprint density at radius 3 is 2.47 bits per heavy atom. The lowest BCUT2D eigenvalue weighted by Crippen LogP contribution is -2.00. The standard InChI is InChI=1S/C16H19NS2/c1-3-18-15-8-5-9-16(14(15)11-17)19-13-7-4-6-12(2)10-13/h4-10H,3,11,17H2,1-2H3. The highest BCUT2D eigenvalue weighted by Gasteiger charge is 2.08. The molecule has 0 fully saturated rings. The van der Waals surface area contributed by atoms with Crippen molar-refractivity contribution in [3.8, 4) is 0 Å². The molecule has 0 aliphatic carbocycles. The second-order valence-electron chi connectivity index (χ2n) is 4.29. The van der Waals surface area contributed by atoms with Crippen LogP contribution in [0.15, 0.2) is 57.2 Å². The Bertz CT molecular complexity index is 552. The highest BCUT2D eigenvalue weighted by Crippen LogP contribution is 2.35. The Kier molecular flexibility index (Phi) is 5.37. The molecule has 2 aromatic rings. The number of nitrogens with two attached hydrogens (primary N) is 1. The van der Waals surface area contributed by atoms with Crippen molar-refractivity contribution in [2.45, 2.75) is 35.1 Å². The first-order valence-corrected chi connectivity index (χ1v) is 8.24. The number of hydrogen-bond donors (Lipinski definition) is 1. The Labute approximate surface area is 124 Å². The normalized spacial score (nSPS) is 10.7. The van der Waals surface area contributed by atoms with Crippen LogP contribution in [-0.2, 0) is 6.54 Å². The van der Waals surface area contributed by atoms with Gasteiger partial charge in [-0.1, -0.05) is 42.4 Å². The van der Waals surface area contributed by atoms with Crippen LogP contribution in [0.1, 0.15) is 18.1 Å². The molecule has 0 aliphatic rings. The molecule has 2 rings (SSSR count). The van der Waals surface area contributed by atoms with E-state index in [2.05, 4.69) is 56.3 Å². The fourth-order valence-corrected chi connectivity index (χ4v) is 3.97. The lowest BCUT2D eigenvalue weighted by Gasteiger charge is -2.12. The van der Waals surface area contributed by atoms with Crippen molar-refractivity contribution >= 4 is 23.5 Å². The van der Waals surface area contributed by atoms with Gasteiger partial charge >= 0.3 is 0 Å². The summed E-state index contributed by atoms with van der Waals surface area (Å²) in [6.45, 7) is 4.89. The van der Waals surface area contributed by atoms with E-state index in [-0.39, 0.29) is 0 Å². The summed E-state index contributed by atoms with van der Waals surface area (Å²) in [6.07, 6.45) is 0. The van der Waals surface area contributed by atoms with E-state index in [1.54, 1.807) is 11.8 Å². The molecular formula is C16H19NS2.